The molecule has 0 aromatic carbocycles. The fourth-order valence-corrected chi connectivity index (χ4v) is 2.31. The number of amides is 1. The van der Waals surface area contributed by atoms with Gasteiger partial charge in [0.1, 0.15) is 0 Å². The summed E-state index contributed by atoms with van der Waals surface area (Å²) >= 11 is 0. The lowest BCUT2D eigenvalue weighted by molar-refractivity contribution is -0.124. The number of rotatable bonds is 6. The van der Waals surface area contributed by atoms with Crippen molar-refractivity contribution in [1.82, 2.24) is 15.1 Å². The van der Waals surface area contributed by atoms with Gasteiger partial charge in [-0.3, -0.25) is 9.69 Å². The third kappa shape index (κ3) is 6.39. The summed E-state index contributed by atoms with van der Waals surface area (Å²) in [5.74, 6) is 0.215. The van der Waals surface area contributed by atoms with Gasteiger partial charge in [0, 0.05) is 38.8 Å². The molecule has 1 aliphatic rings. The monoisotopic (exact) mass is 306 g/mol. The quantitative estimate of drug-likeness (QED) is 0.752. The zero-order valence-corrected chi connectivity index (χ0v) is 14.1. The second-order valence-corrected chi connectivity index (χ2v) is 5.92. The molecule has 1 fully saturated rings. The predicted octanol–water partition coefficient (Wildman–Crippen LogP) is 0.534. The number of hydrogen-bond acceptors (Lipinski definition) is 4. The number of nitrogens with one attached hydrogen (secondary N) is 1. The van der Waals surface area contributed by atoms with E-state index < -0.39 is 0 Å². The Labute approximate surface area is 129 Å². The average molecular weight is 307 g/mol. The van der Waals surface area contributed by atoms with Gasteiger partial charge in [0.2, 0.25) is 5.91 Å². The zero-order valence-electron chi connectivity index (χ0n) is 13.3. The lowest BCUT2D eigenvalue weighted by Crippen LogP contribution is -2.53. The fraction of sp³-hybridized carbons (Fsp3) is 0.929. The average Bonchev–Trinajstić information content (AvgIpc) is 2.39. The number of piperazine rings is 1. The molecule has 1 rings (SSSR count). The van der Waals surface area contributed by atoms with E-state index in [9.17, 15) is 4.79 Å². The zero-order chi connectivity index (χ0) is 14.4. The molecule has 120 valence electrons. The lowest BCUT2D eigenvalue weighted by atomic mass is 9.99. The summed E-state index contributed by atoms with van der Waals surface area (Å²) in [4.78, 5) is 16.7. The minimum Gasteiger partial charge on any atom is -0.351 e. The topological polar surface area (TPSA) is 61.6 Å². The van der Waals surface area contributed by atoms with Crippen molar-refractivity contribution in [3.8, 4) is 0 Å². The van der Waals surface area contributed by atoms with Crippen LogP contribution in [0.2, 0.25) is 0 Å². The molecule has 1 aliphatic heterocycles. The Balaban J connectivity index is 0.00000361. The molecule has 3 N–H and O–H groups in total. The van der Waals surface area contributed by atoms with E-state index >= 15 is 0 Å². The Morgan fingerprint density at radius 1 is 1.25 bits per heavy atom. The van der Waals surface area contributed by atoms with Crippen molar-refractivity contribution in [2.75, 3.05) is 39.8 Å². The second kappa shape index (κ2) is 9.55. The maximum absolute atomic E-state index is 12.0. The van der Waals surface area contributed by atoms with Crippen LogP contribution in [-0.2, 0) is 4.79 Å². The van der Waals surface area contributed by atoms with Crippen LogP contribution in [0.5, 0.6) is 0 Å². The molecule has 0 bridgehead atoms. The van der Waals surface area contributed by atoms with Gasteiger partial charge in [-0.1, -0.05) is 20.3 Å². The first-order valence-corrected chi connectivity index (χ1v) is 7.40. The molecule has 0 aliphatic carbocycles. The van der Waals surface area contributed by atoms with Crippen LogP contribution in [0.25, 0.3) is 0 Å². The smallest absolute Gasteiger partial charge is 0.237 e. The number of nitrogens with two attached hydrogens (primary N) is 1. The highest BCUT2D eigenvalue weighted by Crippen LogP contribution is 2.06. The van der Waals surface area contributed by atoms with E-state index in [-0.39, 0.29) is 36.3 Å². The SMILES string of the molecule is CCC(C)C(N)C(=O)NC(C)CN1CCN(C)CC1.Cl. The summed E-state index contributed by atoms with van der Waals surface area (Å²) in [6, 6.07) is -0.231. The van der Waals surface area contributed by atoms with E-state index in [1.54, 1.807) is 0 Å². The Hall–Kier alpha value is -0.360. The van der Waals surface area contributed by atoms with E-state index in [1.807, 2.05) is 6.92 Å². The van der Waals surface area contributed by atoms with Crippen LogP contribution in [0, 0.1) is 5.92 Å². The van der Waals surface area contributed by atoms with Crippen LogP contribution in [0.1, 0.15) is 27.2 Å². The number of likely N-dealkylation sites (N-methyl/N-ethyl adjacent to an activating group) is 1. The van der Waals surface area contributed by atoms with Crippen molar-refractivity contribution >= 4 is 18.3 Å². The molecule has 0 saturated carbocycles. The molecule has 3 atom stereocenters. The number of hydrogen-bond donors (Lipinski definition) is 2. The van der Waals surface area contributed by atoms with Crippen molar-refractivity contribution in [3.05, 3.63) is 0 Å². The largest absolute Gasteiger partial charge is 0.351 e. The second-order valence-electron chi connectivity index (χ2n) is 5.92. The number of carbonyl (C=O) groups excluding carboxylic acids is 1. The molecular formula is C14H31ClN4O. The van der Waals surface area contributed by atoms with Crippen LogP contribution < -0.4 is 11.1 Å². The molecule has 0 radical (unpaired) electrons. The van der Waals surface area contributed by atoms with Crippen molar-refractivity contribution in [3.63, 3.8) is 0 Å². The Morgan fingerprint density at radius 2 is 1.80 bits per heavy atom. The molecular weight excluding hydrogens is 276 g/mol. The maximum atomic E-state index is 12.0. The molecule has 1 heterocycles. The van der Waals surface area contributed by atoms with Crippen LogP contribution in [-0.4, -0.2) is 67.6 Å². The van der Waals surface area contributed by atoms with Gasteiger partial charge in [0.15, 0.2) is 0 Å². The van der Waals surface area contributed by atoms with Gasteiger partial charge in [-0.25, -0.2) is 0 Å². The van der Waals surface area contributed by atoms with Gasteiger partial charge >= 0.3 is 0 Å². The van der Waals surface area contributed by atoms with Crippen molar-refractivity contribution < 1.29 is 4.79 Å². The van der Waals surface area contributed by atoms with E-state index in [4.69, 9.17) is 5.73 Å². The molecule has 3 unspecified atom stereocenters. The third-order valence-corrected chi connectivity index (χ3v) is 4.08. The van der Waals surface area contributed by atoms with Gasteiger partial charge in [-0.2, -0.15) is 0 Å². The molecule has 6 heteroatoms. The molecule has 0 aromatic heterocycles. The Bertz CT molecular complexity index is 282. The number of nitrogens with zero attached hydrogens (tertiary/aromatic N) is 2. The van der Waals surface area contributed by atoms with Crippen LogP contribution >= 0.6 is 12.4 Å². The highest BCUT2D eigenvalue weighted by molar-refractivity contribution is 5.85. The van der Waals surface area contributed by atoms with E-state index in [0.29, 0.717) is 0 Å². The summed E-state index contributed by atoms with van der Waals surface area (Å²) in [5, 5.41) is 3.03. The molecule has 0 aromatic rings. The highest BCUT2D eigenvalue weighted by atomic mass is 35.5. The first kappa shape index (κ1) is 19.6. The molecule has 1 saturated heterocycles. The van der Waals surface area contributed by atoms with Gasteiger partial charge in [-0.15, -0.1) is 12.4 Å². The summed E-state index contributed by atoms with van der Waals surface area (Å²) in [7, 11) is 2.15. The summed E-state index contributed by atoms with van der Waals surface area (Å²) in [6.07, 6.45) is 0.932. The lowest BCUT2D eigenvalue weighted by Gasteiger charge is -2.34. The van der Waals surface area contributed by atoms with Gasteiger partial charge in [0.25, 0.3) is 0 Å². The van der Waals surface area contributed by atoms with E-state index in [1.165, 1.54) is 0 Å². The standard InChI is InChI=1S/C14H30N4O.ClH/c1-5-11(2)13(15)14(19)16-12(3)10-18-8-6-17(4)7-9-18;/h11-13H,5-10,15H2,1-4H3,(H,16,19);1H. The predicted molar refractivity (Wildman–Crippen MR) is 86.2 cm³/mol. The van der Waals surface area contributed by atoms with Gasteiger partial charge < -0.3 is 16.0 Å². The molecule has 20 heavy (non-hydrogen) atoms. The molecule has 1 amide bonds. The minimum atomic E-state index is -0.389. The van der Waals surface area contributed by atoms with Crippen molar-refractivity contribution in [2.45, 2.75) is 39.3 Å². The summed E-state index contributed by atoms with van der Waals surface area (Å²) in [6.45, 7) is 11.4. The number of halogens is 1. The van der Waals surface area contributed by atoms with Crippen molar-refractivity contribution in [2.24, 2.45) is 11.7 Å². The highest BCUT2D eigenvalue weighted by Gasteiger charge is 2.22. The first-order chi connectivity index (χ1) is 8.93. The minimum absolute atomic E-state index is 0. The number of carbonyl (C=O) groups is 1. The maximum Gasteiger partial charge on any atom is 0.237 e. The van der Waals surface area contributed by atoms with Crippen LogP contribution in [0.3, 0.4) is 0 Å². The third-order valence-electron chi connectivity index (χ3n) is 4.08. The first-order valence-electron chi connectivity index (χ1n) is 7.40. The Kier molecular flexibility index (Phi) is 9.38. The van der Waals surface area contributed by atoms with Crippen LogP contribution in [0.4, 0.5) is 0 Å². The van der Waals surface area contributed by atoms with Gasteiger partial charge in [0.05, 0.1) is 6.04 Å². The fourth-order valence-electron chi connectivity index (χ4n) is 2.31. The van der Waals surface area contributed by atoms with Crippen LogP contribution in [0.15, 0.2) is 0 Å². The molecule has 5 nitrogen and oxygen atoms in total. The van der Waals surface area contributed by atoms with E-state index in [2.05, 4.69) is 36.0 Å². The van der Waals surface area contributed by atoms with E-state index in [0.717, 1.165) is 39.1 Å². The summed E-state index contributed by atoms with van der Waals surface area (Å²) in [5.41, 5.74) is 5.94. The normalized spacial score (nSPS) is 21.6. The summed E-state index contributed by atoms with van der Waals surface area (Å²) < 4.78 is 0. The Morgan fingerprint density at radius 3 is 2.30 bits per heavy atom. The molecule has 0 spiro atoms. The van der Waals surface area contributed by atoms with Crippen molar-refractivity contribution in [1.29, 1.82) is 0 Å². The van der Waals surface area contributed by atoms with Gasteiger partial charge in [-0.05, 0) is 19.9 Å².